The molecule has 0 unspecified atom stereocenters. The van der Waals surface area contributed by atoms with E-state index in [4.69, 9.17) is 4.74 Å². The van der Waals surface area contributed by atoms with E-state index in [-0.39, 0.29) is 23.6 Å². The van der Waals surface area contributed by atoms with E-state index < -0.39 is 48.6 Å². The Labute approximate surface area is 182 Å². The number of ether oxygens (including phenoxy) is 1. The summed E-state index contributed by atoms with van der Waals surface area (Å²) < 4.78 is 84.0. The van der Waals surface area contributed by atoms with E-state index in [9.17, 15) is 31.1 Å². The molecule has 7 nitrogen and oxygen atoms in total. The minimum Gasteiger partial charge on any atom is -0.369 e. The van der Waals surface area contributed by atoms with Gasteiger partial charge in [-0.15, -0.1) is 0 Å². The highest BCUT2D eigenvalue weighted by molar-refractivity contribution is 5.96. The number of rotatable bonds is 6. The lowest BCUT2D eigenvalue weighted by Gasteiger charge is -2.20. The third-order valence-corrected chi connectivity index (χ3v) is 5.10. The van der Waals surface area contributed by atoms with Crippen molar-refractivity contribution in [3.63, 3.8) is 0 Å². The number of alkyl halides is 5. The first-order valence-electron chi connectivity index (χ1n) is 9.75. The van der Waals surface area contributed by atoms with E-state index in [1.54, 1.807) is 0 Å². The number of nitrogens with one attached hydrogen (secondary N) is 2. The summed E-state index contributed by atoms with van der Waals surface area (Å²) in [5.74, 6) is -2.19. The number of carbonyl (C=O) groups is 1. The molecule has 0 saturated carbocycles. The van der Waals surface area contributed by atoms with Crippen LogP contribution >= 0.6 is 0 Å². The van der Waals surface area contributed by atoms with Crippen LogP contribution in [-0.4, -0.2) is 58.7 Å². The number of amides is 1. The molecule has 0 aromatic carbocycles. The van der Waals surface area contributed by atoms with E-state index in [0.717, 1.165) is 0 Å². The SMILES string of the molecule is O=C(N[C@@H]1CNC[C@H]1OCC(F)F)c1cc2c(ccn2-c2ncc(C(F)(F)F)cc2F)cn1. The van der Waals surface area contributed by atoms with Gasteiger partial charge in [0.15, 0.2) is 11.6 Å². The lowest BCUT2D eigenvalue weighted by Crippen LogP contribution is -2.44. The molecular formula is C20H17F6N5O2. The Hall–Kier alpha value is -3.19. The maximum Gasteiger partial charge on any atom is 0.417 e. The third kappa shape index (κ3) is 4.93. The molecule has 33 heavy (non-hydrogen) atoms. The number of carbonyl (C=O) groups excluding carboxylic acids is 1. The van der Waals surface area contributed by atoms with Gasteiger partial charge in [0, 0.05) is 37.1 Å². The Kier molecular flexibility index (Phi) is 6.26. The number of nitrogens with zero attached hydrogens (tertiary/aromatic N) is 3. The fourth-order valence-electron chi connectivity index (χ4n) is 3.51. The summed E-state index contributed by atoms with van der Waals surface area (Å²) in [4.78, 5) is 20.3. The zero-order chi connectivity index (χ0) is 23.8. The van der Waals surface area contributed by atoms with Gasteiger partial charge in [-0.25, -0.2) is 18.2 Å². The first kappa shape index (κ1) is 23.0. The molecule has 0 bridgehead atoms. The van der Waals surface area contributed by atoms with Gasteiger partial charge in [-0.2, -0.15) is 13.2 Å². The molecule has 1 amide bonds. The molecule has 2 atom stereocenters. The second kappa shape index (κ2) is 8.98. The second-order valence-electron chi connectivity index (χ2n) is 7.34. The third-order valence-electron chi connectivity index (χ3n) is 5.10. The van der Waals surface area contributed by atoms with E-state index in [1.165, 1.54) is 29.1 Å². The van der Waals surface area contributed by atoms with Crippen molar-refractivity contribution in [2.75, 3.05) is 19.7 Å². The fourth-order valence-corrected chi connectivity index (χ4v) is 3.51. The van der Waals surface area contributed by atoms with Crippen molar-refractivity contribution in [1.82, 2.24) is 25.2 Å². The Morgan fingerprint density at radius 3 is 2.73 bits per heavy atom. The fraction of sp³-hybridized carbons (Fsp3) is 0.350. The van der Waals surface area contributed by atoms with Crippen LogP contribution in [0.5, 0.6) is 0 Å². The molecule has 3 aromatic heterocycles. The quantitative estimate of drug-likeness (QED) is 0.539. The van der Waals surface area contributed by atoms with Crippen LogP contribution in [0.1, 0.15) is 16.1 Å². The normalized spacial score (nSPS) is 18.9. The maximum atomic E-state index is 14.4. The van der Waals surface area contributed by atoms with Crippen LogP contribution in [0, 0.1) is 5.82 Å². The van der Waals surface area contributed by atoms with Crippen molar-refractivity contribution in [3.05, 3.63) is 53.9 Å². The predicted octanol–water partition coefficient (Wildman–Crippen LogP) is 2.93. The number of hydrogen-bond donors (Lipinski definition) is 2. The Morgan fingerprint density at radius 1 is 1.24 bits per heavy atom. The number of halogens is 6. The summed E-state index contributed by atoms with van der Waals surface area (Å²) in [5, 5.41) is 6.10. The second-order valence-corrected chi connectivity index (χ2v) is 7.34. The molecule has 0 spiro atoms. The van der Waals surface area contributed by atoms with Crippen molar-refractivity contribution in [3.8, 4) is 5.82 Å². The van der Waals surface area contributed by atoms with Crippen molar-refractivity contribution < 1.29 is 35.9 Å². The molecule has 1 aliphatic rings. The van der Waals surface area contributed by atoms with Gasteiger partial charge < -0.3 is 15.4 Å². The average molecular weight is 473 g/mol. The van der Waals surface area contributed by atoms with Gasteiger partial charge in [0.1, 0.15) is 12.3 Å². The zero-order valence-corrected chi connectivity index (χ0v) is 16.7. The molecule has 176 valence electrons. The van der Waals surface area contributed by atoms with Gasteiger partial charge in [-0.1, -0.05) is 0 Å². The summed E-state index contributed by atoms with van der Waals surface area (Å²) in [6, 6.07) is 2.64. The molecule has 2 N–H and O–H groups in total. The Morgan fingerprint density at radius 2 is 2.03 bits per heavy atom. The van der Waals surface area contributed by atoms with E-state index in [2.05, 4.69) is 20.6 Å². The predicted molar refractivity (Wildman–Crippen MR) is 104 cm³/mol. The largest absolute Gasteiger partial charge is 0.417 e. The molecule has 0 aliphatic carbocycles. The maximum absolute atomic E-state index is 14.4. The zero-order valence-electron chi connectivity index (χ0n) is 16.7. The summed E-state index contributed by atoms with van der Waals surface area (Å²) in [6.45, 7) is -0.174. The topological polar surface area (TPSA) is 81.1 Å². The standard InChI is InChI=1S/C20H17F6N5O2/c21-12-3-11(20(24,25)26)6-29-18(12)31-2-1-10-5-28-13(4-15(10)31)19(32)30-14-7-27-8-16(14)33-9-17(22)23/h1-6,14,16-17,27H,7-9H2,(H,30,32)/t14-,16-/m1/s1. The molecule has 4 rings (SSSR count). The number of pyridine rings is 2. The molecule has 1 fully saturated rings. The van der Waals surface area contributed by atoms with Crippen LogP contribution < -0.4 is 10.6 Å². The molecule has 3 aromatic rings. The summed E-state index contributed by atoms with van der Waals surface area (Å²) >= 11 is 0. The number of fused-ring (bicyclic) bond motifs is 1. The van der Waals surface area contributed by atoms with Crippen LogP contribution in [0.3, 0.4) is 0 Å². The van der Waals surface area contributed by atoms with Crippen LogP contribution in [0.4, 0.5) is 26.3 Å². The average Bonchev–Trinajstić information content (AvgIpc) is 3.37. The van der Waals surface area contributed by atoms with E-state index in [0.29, 0.717) is 24.2 Å². The molecule has 4 heterocycles. The van der Waals surface area contributed by atoms with Crippen LogP contribution in [0.2, 0.25) is 0 Å². The Bertz CT molecular complexity index is 1170. The van der Waals surface area contributed by atoms with Crippen molar-refractivity contribution in [2.45, 2.75) is 24.7 Å². The van der Waals surface area contributed by atoms with Gasteiger partial charge in [-0.3, -0.25) is 14.3 Å². The summed E-state index contributed by atoms with van der Waals surface area (Å²) in [6.07, 6.45) is -4.78. The Balaban J connectivity index is 1.58. The van der Waals surface area contributed by atoms with Crippen molar-refractivity contribution >= 4 is 16.8 Å². The lowest BCUT2D eigenvalue weighted by atomic mass is 10.2. The molecule has 1 saturated heterocycles. The van der Waals surface area contributed by atoms with Gasteiger partial charge in [0.05, 0.1) is 23.2 Å². The van der Waals surface area contributed by atoms with Gasteiger partial charge in [0.2, 0.25) is 0 Å². The lowest BCUT2D eigenvalue weighted by molar-refractivity contribution is -0.138. The summed E-state index contributed by atoms with van der Waals surface area (Å²) in [5.41, 5.74) is -0.999. The van der Waals surface area contributed by atoms with Crippen LogP contribution in [0.15, 0.2) is 36.8 Å². The van der Waals surface area contributed by atoms with Crippen molar-refractivity contribution in [2.24, 2.45) is 0 Å². The molecule has 0 radical (unpaired) electrons. The number of hydrogen-bond acceptors (Lipinski definition) is 5. The molecular weight excluding hydrogens is 456 g/mol. The highest BCUT2D eigenvalue weighted by atomic mass is 19.4. The van der Waals surface area contributed by atoms with Crippen molar-refractivity contribution in [1.29, 1.82) is 0 Å². The van der Waals surface area contributed by atoms with E-state index in [1.807, 2.05) is 0 Å². The van der Waals surface area contributed by atoms with Crippen LogP contribution in [-0.2, 0) is 10.9 Å². The smallest absolute Gasteiger partial charge is 0.369 e. The first-order chi connectivity index (χ1) is 15.6. The first-order valence-corrected chi connectivity index (χ1v) is 9.75. The summed E-state index contributed by atoms with van der Waals surface area (Å²) in [7, 11) is 0. The number of aromatic nitrogens is 3. The van der Waals surface area contributed by atoms with Gasteiger partial charge in [-0.05, 0) is 18.2 Å². The molecule has 13 heteroatoms. The van der Waals surface area contributed by atoms with Gasteiger partial charge in [0.25, 0.3) is 12.3 Å². The minimum atomic E-state index is -4.74. The van der Waals surface area contributed by atoms with Gasteiger partial charge >= 0.3 is 6.18 Å². The van der Waals surface area contributed by atoms with E-state index >= 15 is 0 Å². The highest BCUT2D eigenvalue weighted by Gasteiger charge is 2.32. The minimum absolute atomic E-state index is 0.0609. The van der Waals surface area contributed by atoms with Crippen LogP contribution in [0.25, 0.3) is 16.7 Å². The molecule has 1 aliphatic heterocycles. The monoisotopic (exact) mass is 473 g/mol. The highest BCUT2D eigenvalue weighted by Crippen LogP contribution is 2.30.